The maximum atomic E-state index is 12.5. The van der Waals surface area contributed by atoms with E-state index < -0.39 is 10.0 Å². The predicted molar refractivity (Wildman–Crippen MR) is 81.9 cm³/mol. The van der Waals surface area contributed by atoms with E-state index in [9.17, 15) is 8.42 Å². The van der Waals surface area contributed by atoms with Gasteiger partial charge in [0.25, 0.3) is 0 Å². The summed E-state index contributed by atoms with van der Waals surface area (Å²) in [5.41, 5.74) is 7.30. The van der Waals surface area contributed by atoms with Gasteiger partial charge in [0.1, 0.15) is 0 Å². The molecule has 7 heteroatoms. The van der Waals surface area contributed by atoms with Crippen molar-refractivity contribution in [2.75, 3.05) is 32.5 Å². The Hall–Kier alpha value is -0.890. The minimum absolute atomic E-state index is 0.224. The maximum Gasteiger partial charge on any atom is 0.243 e. The van der Waals surface area contributed by atoms with E-state index in [1.807, 2.05) is 6.08 Å². The van der Waals surface area contributed by atoms with Crippen LogP contribution >= 0.6 is 15.9 Å². The first-order valence-electron chi connectivity index (χ1n) is 6.17. The Bertz CT molecular complexity index is 629. The fraction of sp³-hybridized carbons (Fsp3) is 0.385. The van der Waals surface area contributed by atoms with E-state index >= 15 is 0 Å². The van der Waals surface area contributed by atoms with Gasteiger partial charge in [0.2, 0.25) is 10.0 Å². The van der Waals surface area contributed by atoms with Gasteiger partial charge in [0.05, 0.1) is 11.5 Å². The van der Waals surface area contributed by atoms with Crippen LogP contribution in [0.1, 0.15) is 6.42 Å². The number of hydrogen-bond donors (Lipinski definition) is 1. The summed E-state index contributed by atoms with van der Waals surface area (Å²) in [5.74, 6) is 0. The molecule has 2 rings (SSSR count). The van der Waals surface area contributed by atoms with Crippen molar-refractivity contribution < 1.29 is 13.2 Å². The molecule has 0 aromatic heterocycles. The van der Waals surface area contributed by atoms with Crippen LogP contribution in [0.5, 0.6) is 0 Å². The summed E-state index contributed by atoms with van der Waals surface area (Å²) in [6, 6.07) is 4.69. The zero-order valence-electron chi connectivity index (χ0n) is 11.2. The van der Waals surface area contributed by atoms with Crippen molar-refractivity contribution in [1.82, 2.24) is 4.31 Å². The van der Waals surface area contributed by atoms with Gasteiger partial charge in [0.15, 0.2) is 0 Å². The lowest BCUT2D eigenvalue weighted by atomic mass is 10.1. The first kappa shape index (κ1) is 15.5. The molecular weight excluding hydrogens is 344 g/mol. The number of halogens is 1. The highest BCUT2D eigenvalue weighted by molar-refractivity contribution is 9.10. The molecule has 1 aliphatic rings. The van der Waals surface area contributed by atoms with Crippen molar-refractivity contribution >= 4 is 31.6 Å². The molecule has 0 atom stereocenters. The Morgan fingerprint density at radius 1 is 1.45 bits per heavy atom. The van der Waals surface area contributed by atoms with Crippen molar-refractivity contribution in [2.45, 2.75) is 11.3 Å². The summed E-state index contributed by atoms with van der Waals surface area (Å²) in [7, 11) is -1.86. The molecule has 0 saturated carbocycles. The zero-order valence-corrected chi connectivity index (χ0v) is 13.6. The second kappa shape index (κ2) is 6.26. The van der Waals surface area contributed by atoms with E-state index in [1.165, 1.54) is 10.4 Å². The Balaban J connectivity index is 2.21. The first-order valence-corrected chi connectivity index (χ1v) is 8.40. The molecule has 0 fully saturated rings. The van der Waals surface area contributed by atoms with Crippen LogP contribution in [-0.4, -0.2) is 39.5 Å². The molecule has 1 aromatic rings. The predicted octanol–water partition coefficient (Wildman–Crippen LogP) is 2.00. The molecule has 0 saturated heterocycles. The maximum absolute atomic E-state index is 12.5. The Morgan fingerprint density at radius 2 is 2.20 bits per heavy atom. The molecular formula is C13H17BrN2O3S. The summed E-state index contributed by atoms with van der Waals surface area (Å²) in [5, 5.41) is 0. The van der Waals surface area contributed by atoms with Gasteiger partial charge < -0.3 is 10.5 Å². The number of methoxy groups -OCH3 is 1. The van der Waals surface area contributed by atoms with Crippen molar-refractivity contribution in [2.24, 2.45) is 0 Å². The molecule has 1 heterocycles. The summed E-state index contributed by atoms with van der Waals surface area (Å²) in [6.45, 7) is 1.39. The van der Waals surface area contributed by atoms with Gasteiger partial charge in [-0.15, -0.1) is 0 Å². The van der Waals surface area contributed by atoms with Crippen molar-refractivity contribution in [3.8, 4) is 0 Å². The lowest BCUT2D eigenvalue weighted by Crippen LogP contribution is -2.35. The number of anilines is 1. The summed E-state index contributed by atoms with van der Waals surface area (Å²) in [4.78, 5) is 0.224. The second-order valence-electron chi connectivity index (χ2n) is 4.59. The van der Waals surface area contributed by atoms with Gasteiger partial charge in [-0.1, -0.05) is 6.08 Å². The van der Waals surface area contributed by atoms with Crippen molar-refractivity contribution in [3.63, 3.8) is 0 Å². The molecule has 0 radical (unpaired) electrons. The standard InChI is InChI=1S/C13H17BrN2O3S/c1-19-9-10-4-6-16(7-5-10)20(17,18)11-2-3-12(14)13(15)8-11/h2-4,8H,5-7,9,15H2,1H3. The third kappa shape index (κ3) is 3.22. The summed E-state index contributed by atoms with van der Waals surface area (Å²) in [6.07, 6.45) is 2.60. The summed E-state index contributed by atoms with van der Waals surface area (Å²) >= 11 is 3.26. The van der Waals surface area contributed by atoms with E-state index in [-0.39, 0.29) is 4.90 Å². The molecule has 2 N–H and O–H groups in total. The van der Waals surface area contributed by atoms with Gasteiger partial charge >= 0.3 is 0 Å². The number of nitrogens with two attached hydrogens (primary N) is 1. The number of rotatable bonds is 4. The zero-order chi connectivity index (χ0) is 14.8. The number of nitrogens with zero attached hydrogens (tertiary/aromatic N) is 1. The van der Waals surface area contributed by atoms with Crippen LogP contribution in [0.15, 0.2) is 39.2 Å². The topological polar surface area (TPSA) is 72.6 Å². The van der Waals surface area contributed by atoms with Gasteiger partial charge in [-0.25, -0.2) is 8.42 Å². The number of sulfonamides is 1. The van der Waals surface area contributed by atoms with E-state index in [4.69, 9.17) is 10.5 Å². The number of nitrogen functional groups attached to an aromatic ring is 1. The minimum Gasteiger partial charge on any atom is -0.398 e. The van der Waals surface area contributed by atoms with E-state index in [2.05, 4.69) is 15.9 Å². The fourth-order valence-corrected chi connectivity index (χ4v) is 3.72. The lowest BCUT2D eigenvalue weighted by Gasteiger charge is -2.25. The molecule has 1 aliphatic heterocycles. The lowest BCUT2D eigenvalue weighted by molar-refractivity contribution is 0.219. The highest BCUT2D eigenvalue weighted by Crippen LogP contribution is 2.26. The molecule has 0 amide bonds. The van der Waals surface area contributed by atoms with Crippen molar-refractivity contribution in [1.29, 1.82) is 0 Å². The van der Waals surface area contributed by atoms with E-state index in [0.29, 0.717) is 36.3 Å². The molecule has 5 nitrogen and oxygen atoms in total. The SMILES string of the molecule is COCC1=CCN(S(=O)(=O)c2ccc(Br)c(N)c2)CC1. The van der Waals surface area contributed by atoms with Gasteiger partial charge in [-0.3, -0.25) is 0 Å². The van der Waals surface area contributed by atoms with Crippen molar-refractivity contribution in [3.05, 3.63) is 34.3 Å². The quantitative estimate of drug-likeness (QED) is 0.658. The average Bonchev–Trinajstić information content (AvgIpc) is 2.43. The summed E-state index contributed by atoms with van der Waals surface area (Å²) < 4.78 is 32.2. The average molecular weight is 361 g/mol. The van der Waals surface area contributed by atoms with Gasteiger partial charge in [0, 0.05) is 30.4 Å². The smallest absolute Gasteiger partial charge is 0.243 e. The minimum atomic E-state index is -3.49. The fourth-order valence-electron chi connectivity index (χ4n) is 2.06. The largest absolute Gasteiger partial charge is 0.398 e. The normalized spacial score (nSPS) is 17.0. The second-order valence-corrected chi connectivity index (χ2v) is 7.38. The molecule has 0 bridgehead atoms. The van der Waals surface area contributed by atoms with Crippen LogP contribution in [0.25, 0.3) is 0 Å². The highest BCUT2D eigenvalue weighted by Gasteiger charge is 2.26. The molecule has 0 unspecified atom stereocenters. The Labute approximate surface area is 127 Å². The third-order valence-corrected chi connectivity index (χ3v) is 5.78. The van der Waals surface area contributed by atoms with Gasteiger partial charge in [-0.05, 0) is 46.1 Å². The molecule has 0 aliphatic carbocycles. The van der Waals surface area contributed by atoms with E-state index in [1.54, 1.807) is 19.2 Å². The van der Waals surface area contributed by atoms with E-state index in [0.717, 1.165) is 5.57 Å². The third-order valence-electron chi connectivity index (χ3n) is 3.20. The van der Waals surface area contributed by atoms with Crippen LogP contribution < -0.4 is 5.73 Å². The molecule has 1 aromatic carbocycles. The van der Waals surface area contributed by atoms with Crippen LogP contribution in [0, 0.1) is 0 Å². The van der Waals surface area contributed by atoms with Crippen LogP contribution in [0.2, 0.25) is 0 Å². The Kier molecular flexibility index (Phi) is 4.85. The molecule has 20 heavy (non-hydrogen) atoms. The van der Waals surface area contributed by atoms with Crippen LogP contribution in [-0.2, 0) is 14.8 Å². The highest BCUT2D eigenvalue weighted by atomic mass is 79.9. The monoisotopic (exact) mass is 360 g/mol. The molecule has 110 valence electrons. The van der Waals surface area contributed by atoms with Gasteiger partial charge in [-0.2, -0.15) is 4.31 Å². The Morgan fingerprint density at radius 3 is 2.75 bits per heavy atom. The number of hydrogen-bond acceptors (Lipinski definition) is 4. The van der Waals surface area contributed by atoms with Crippen LogP contribution in [0.3, 0.4) is 0 Å². The number of ether oxygens (including phenoxy) is 1. The molecule has 0 spiro atoms. The number of benzene rings is 1. The first-order chi connectivity index (χ1) is 9.45. The van der Waals surface area contributed by atoms with Crippen LogP contribution in [0.4, 0.5) is 5.69 Å².